The zero-order chi connectivity index (χ0) is 15.3. The predicted octanol–water partition coefficient (Wildman–Crippen LogP) is -0.641. The van der Waals surface area contributed by atoms with Crippen LogP contribution in [0.25, 0.3) is 0 Å². The van der Waals surface area contributed by atoms with E-state index in [0.717, 1.165) is 7.11 Å². The molecule has 1 aromatic heterocycles. The number of nitrogens with one attached hydrogen (secondary N) is 1. The highest BCUT2D eigenvalue weighted by Gasteiger charge is 2.29. The number of sulfonamides is 1. The molecule has 1 unspecified atom stereocenters. The summed E-state index contributed by atoms with van der Waals surface area (Å²) in [5, 5.41) is 2.42. The number of ether oxygens (including phenoxy) is 2. The molecule has 1 rings (SSSR count). The zero-order valence-corrected chi connectivity index (χ0v) is 12.0. The normalized spacial score (nSPS) is 12.6. The molecule has 0 aliphatic rings. The first-order valence-electron chi connectivity index (χ1n) is 5.49. The lowest BCUT2D eigenvalue weighted by molar-refractivity contribution is -0.141. The van der Waals surface area contributed by atoms with Crippen LogP contribution < -0.4 is 4.72 Å². The molecular weight excluding hydrogens is 290 g/mol. The molecule has 0 spiro atoms. The van der Waals surface area contributed by atoms with E-state index in [1.54, 1.807) is 0 Å². The molecule has 1 N–H and O–H groups in total. The Morgan fingerprint density at radius 2 is 2.05 bits per heavy atom. The second-order valence-corrected chi connectivity index (χ2v) is 5.82. The topological polar surface area (TPSA) is 117 Å². The van der Waals surface area contributed by atoms with Crippen molar-refractivity contribution < 1.29 is 27.5 Å². The SMILES string of the molecule is COC(=O)Cn1cc(NS(=O)(=O)C(C)C(=O)OC)cn1. The second kappa shape index (κ2) is 6.37. The maximum Gasteiger partial charge on any atom is 0.327 e. The van der Waals surface area contributed by atoms with Gasteiger partial charge in [0.15, 0.2) is 5.25 Å². The number of esters is 2. The molecule has 0 radical (unpaired) electrons. The van der Waals surface area contributed by atoms with Crippen LogP contribution in [-0.4, -0.2) is 49.6 Å². The third-order valence-corrected chi connectivity index (χ3v) is 4.05. The summed E-state index contributed by atoms with van der Waals surface area (Å²) in [7, 11) is -1.61. The van der Waals surface area contributed by atoms with Gasteiger partial charge in [0.25, 0.3) is 0 Å². The van der Waals surface area contributed by atoms with Gasteiger partial charge in [-0.3, -0.25) is 19.0 Å². The fourth-order valence-electron chi connectivity index (χ4n) is 1.24. The van der Waals surface area contributed by atoms with Gasteiger partial charge in [-0.05, 0) is 6.92 Å². The number of hydrogen-bond acceptors (Lipinski definition) is 7. The van der Waals surface area contributed by atoms with Crippen LogP contribution in [0.1, 0.15) is 6.92 Å². The van der Waals surface area contributed by atoms with E-state index < -0.39 is 27.2 Å². The third kappa shape index (κ3) is 3.95. The molecule has 0 aliphatic heterocycles. The minimum absolute atomic E-state index is 0.129. The number of nitrogens with zero attached hydrogens (tertiary/aromatic N) is 2. The van der Waals surface area contributed by atoms with E-state index >= 15 is 0 Å². The third-order valence-electron chi connectivity index (χ3n) is 2.41. The van der Waals surface area contributed by atoms with Gasteiger partial charge in [0, 0.05) is 6.20 Å². The Labute approximate surface area is 115 Å². The van der Waals surface area contributed by atoms with Crippen LogP contribution in [0.5, 0.6) is 0 Å². The van der Waals surface area contributed by atoms with Crippen molar-refractivity contribution in [3.05, 3.63) is 12.4 Å². The molecule has 10 heteroatoms. The monoisotopic (exact) mass is 305 g/mol. The lowest BCUT2D eigenvalue weighted by Crippen LogP contribution is -2.33. The number of methoxy groups -OCH3 is 2. The first-order valence-corrected chi connectivity index (χ1v) is 7.03. The van der Waals surface area contributed by atoms with Crippen LogP contribution >= 0.6 is 0 Å². The van der Waals surface area contributed by atoms with Gasteiger partial charge in [0.05, 0.1) is 26.1 Å². The Bertz CT molecular complexity index is 594. The van der Waals surface area contributed by atoms with E-state index in [2.05, 4.69) is 19.3 Å². The molecule has 112 valence electrons. The summed E-state index contributed by atoms with van der Waals surface area (Å²) in [5.74, 6) is -1.40. The van der Waals surface area contributed by atoms with Gasteiger partial charge in [-0.2, -0.15) is 5.10 Å². The number of carbonyl (C=O) groups is 2. The van der Waals surface area contributed by atoms with Gasteiger partial charge in [-0.15, -0.1) is 0 Å². The summed E-state index contributed by atoms with van der Waals surface area (Å²) >= 11 is 0. The molecule has 9 nitrogen and oxygen atoms in total. The first kappa shape index (κ1) is 16.0. The van der Waals surface area contributed by atoms with Crippen LogP contribution in [-0.2, 0) is 35.6 Å². The van der Waals surface area contributed by atoms with Crippen molar-refractivity contribution in [1.29, 1.82) is 0 Å². The summed E-state index contributed by atoms with van der Waals surface area (Å²) in [5.41, 5.74) is 0.129. The number of anilines is 1. The molecule has 0 fully saturated rings. The molecule has 1 heterocycles. The van der Waals surface area contributed by atoms with Crippen molar-refractivity contribution in [2.75, 3.05) is 18.9 Å². The average Bonchev–Trinajstić information content (AvgIpc) is 2.82. The number of carbonyl (C=O) groups excluding carboxylic acids is 2. The zero-order valence-electron chi connectivity index (χ0n) is 11.2. The van der Waals surface area contributed by atoms with E-state index in [1.807, 2.05) is 0 Å². The van der Waals surface area contributed by atoms with Crippen LogP contribution in [0, 0.1) is 0 Å². The van der Waals surface area contributed by atoms with Gasteiger partial charge in [-0.25, -0.2) is 8.42 Å². The fourth-order valence-corrected chi connectivity index (χ4v) is 2.21. The molecule has 0 aliphatic carbocycles. The van der Waals surface area contributed by atoms with Crippen LogP contribution in [0.2, 0.25) is 0 Å². The Morgan fingerprint density at radius 1 is 1.40 bits per heavy atom. The molecule has 1 atom stereocenters. The van der Waals surface area contributed by atoms with E-state index in [0.29, 0.717) is 0 Å². The Hall–Kier alpha value is -2.10. The van der Waals surface area contributed by atoms with Gasteiger partial charge in [-0.1, -0.05) is 0 Å². The van der Waals surface area contributed by atoms with Crippen LogP contribution in [0.3, 0.4) is 0 Å². The van der Waals surface area contributed by atoms with Gasteiger partial charge >= 0.3 is 11.9 Å². The minimum Gasteiger partial charge on any atom is -0.468 e. The second-order valence-electron chi connectivity index (χ2n) is 3.82. The molecule has 0 amide bonds. The summed E-state index contributed by atoms with van der Waals surface area (Å²) in [6, 6.07) is 0. The standard InChI is InChI=1S/C10H15N3O6S/c1-7(10(15)19-3)20(16,17)12-8-4-11-13(5-8)6-9(14)18-2/h4-5,7,12H,6H2,1-3H3. The maximum atomic E-state index is 11.8. The van der Waals surface area contributed by atoms with Crippen molar-refractivity contribution in [3.63, 3.8) is 0 Å². The first-order chi connectivity index (χ1) is 9.30. The van der Waals surface area contributed by atoms with Gasteiger partial charge < -0.3 is 9.47 Å². The lowest BCUT2D eigenvalue weighted by Gasteiger charge is -2.11. The van der Waals surface area contributed by atoms with Crippen LogP contribution in [0.15, 0.2) is 12.4 Å². The lowest BCUT2D eigenvalue weighted by atomic mass is 10.5. The van der Waals surface area contributed by atoms with E-state index in [9.17, 15) is 18.0 Å². The molecule has 0 bridgehead atoms. The minimum atomic E-state index is -3.94. The van der Waals surface area contributed by atoms with Crippen molar-refractivity contribution in [2.45, 2.75) is 18.7 Å². The largest absolute Gasteiger partial charge is 0.468 e. The van der Waals surface area contributed by atoms with E-state index in [4.69, 9.17) is 0 Å². The Kier molecular flexibility index (Phi) is 5.08. The fraction of sp³-hybridized carbons (Fsp3) is 0.500. The van der Waals surface area contributed by atoms with Gasteiger partial charge in [0.1, 0.15) is 6.54 Å². The summed E-state index contributed by atoms with van der Waals surface area (Å²) < 4.78 is 35.9. The Morgan fingerprint density at radius 3 is 2.60 bits per heavy atom. The van der Waals surface area contributed by atoms with E-state index in [1.165, 1.54) is 31.1 Å². The summed E-state index contributed by atoms with van der Waals surface area (Å²) in [6.45, 7) is 1.05. The molecular formula is C10H15N3O6S. The summed E-state index contributed by atoms with van der Waals surface area (Å²) in [6.07, 6.45) is 2.52. The van der Waals surface area contributed by atoms with Gasteiger partial charge in [0.2, 0.25) is 10.0 Å². The predicted molar refractivity (Wildman–Crippen MR) is 68.3 cm³/mol. The van der Waals surface area contributed by atoms with Crippen molar-refractivity contribution in [3.8, 4) is 0 Å². The van der Waals surface area contributed by atoms with Crippen LogP contribution in [0.4, 0.5) is 5.69 Å². The molecule has 0 saturated heterocycles. The molecule has 20 heavy (non-hydrogen) atoms. The molecule has 0 aromatic carbocycles. The highest BCUT2D eigenvalue weighted by molar-refractivity contribution is 7.94. The van der Waals surface area contributed by atoms with Crippen molar-refractivity contribution >= 4 is 27.6 Å². The maximum absolute atomic E-state index is 11.8. The smallest absolute Gasteiger partial charge is 0.327 e. The van der Waals surface area contributed by atoms with E-state index in [-0.39, 0.29) is 12.2 Å². The average molecular weight is 305 g/mol. The van der Waals surface area contributed by atoms with Crippen molar-refractivity contribution in [1.82, 2.24) is 9.78 Å². The Balaban J connectivity index is 2.78. The number of rotatable bonds is 6. The highest BCUT2D eigenvalue weighted by Crippen LogP contribution is 2.11. The number of hydrogen-bond donors (Lipinski definition) is 1. The highest BCUT2D eigenvalue weighted by atomic mass is 32.2. The van der Waals surface area contributed by atoms with Crippen molar-refractivity contribution in [2.24, 2.45) is 0 Å². The molecule has 1 aromatic rings. The quantitative estimate of drug-likeness (QED) is 0.695. The molecule has 0 saturated carbocycles. The summed E-state index contributed by atoms with van der Waals surface area (Å²) in [4.78, 5) is 22.2. The number of aromatic nitrogens is 2.